The predicted octanol–water partition coefficient (Wildman–Crippen LogP) is 11.5. The number of cyclic esters (lactones) is 1. The second kappa shape index (κ2) is 33.0. The van der Waals surface area contributed by atoms with E-state index in [0.29, 0.717) is 76.2 Å². The molecule has 0 N–H and O–H groups in total. The van der Waals surface area contributed by atoms with Crippen LogP contribution in [0, 0.1) is 43.9 Å². The third-order valence-electron chi connectivity index (χ3n) is 16.6. The van der Waals surface area contributed by atoms with Gasteiger partial charge in [-0.15, -0.1) is 0 Å². The van der Waals surface area contributed by atoms with Crippen LogP contribution in [0.4, 0.5) is 21.0 Å². The Hall–Kier alpha value is -7.14. The van der Waals surface area contributed by atoms with Crippen molar-refractivity contribution in [3.8, 4) is 11.5 Å². The Balaban J connectivity index is 1.30. The number of hydrogen-bond donors (Lipinski definition) is 0. The number of methoxy groups -OCH3 is 3. The highest BCUT2D eigenvalue weighted by molar-refractivity contribution is 6.38. The number of Topliss-reactive ketones (excluding diaryl/α,β-unsaturated/α-hetero) is 2. The van der Waals surface area contributed by atoms with E-state index < -0.39 is 88.4 Å². The molecule has 2 aromatic rings. The van der Waals surface area contributed by atoms with Gasteiger partial charge in [0.25, 0.3) is 17.3 Å². The zero-order valence-electron chi connectivity index (χ0n) is 50.0. The molecule has 22 heteroatoms. The number of ether oxygens (including phenoxy) is 9. The van der Waals surface area contributed by atoms with Gasteiger partial charge in [-0.2, -0.15) is 0 Å². The predicted molar refractivity (Wildman–Crippen MR) is 310 cm³/mol. The lowest BCUT2D eigenvalue weighted by atomic mass is 9.81. The maximum absolute atomic E-state index is 14.8. The molecule has 13 atom stereocenters. The van der Waals surface area contributed by atoms with Crippen molar-refractivity contribution in [1.82, 2.24) is 4.90 Å². The first-order chi connectivity index (χ1) is 40.7. The fourth-order valence-corrected chi connectivity index (χ4v) is 11.6. The van der Waals surface area contributed by atoms with Gasteiger partial charge in [-0.25, -0.2) is 14.4 Å². The molecular formula is C63H83N3O19. The fourth-order valence-electron chi connectivity index (χ4n) is 11.6. The SMILES string of the molecule is CO[C@H]1CC(=O)[C@H](C)C[C@H](C)/C=C/C=CC=C(C)[C@@H](OC)CC2CCCC(O2)C(=O)C(=O)N2CCCC[C@H]2C(=O)O[C@H](CC[C@@H]2CC[C@@H](OC(=O)Oc3ccc([N+](=O)[O-])cc3)[C@H](OC)C2)C[C@@H](OC(=O)Oc2ccc([N+](=O)[O-])cc2)[C@H](C)C=C1C. The molecule has 22 nitrogen and oxygen atoms in total. The number of fused-ring (bicyclic) bond motifs is 3. The van der Waals surface area contributed by atoms with Crippen molar-refractivity contribution in [2.24, 2.45) is 23.7 Å². The first kappa shape index (κ1) is 67.0. The summed E-state index contributed by atoms with van der Waals surface area (Å²) in [6.45, 7) is 9.62. The van der Waals surface area contributed by atoms with E-state index in [4.69, 9.17) is 42.6 Å². The number of esters is 1. The number of rotatable bonds is 12. The standard InChI is InChI=1S/C63H83N3O19/c1-39-15-10-9-11-16-40(2)55(77-6)36-49-17-14-19-54(80-49)59(68)60(69)64-32-13-12-18-51(64)61(70)81-50(26-20-44-21-31-53(58(35-44)79-8)84-62(71)82-47-27-22-45(23-28-47)65(73)74)37-57(85-63(72)83-48-29-24-46(25-30-48)66(75)76)43(5)34-42(4)56(78-7)38-52(67)41(3)33-39/h9-11,15-16,22-25,27-30,34,39,41,43-44,49-51,53-58H,12-14,17-21,26,31-33,35-38H2,1-8H3/b11-9?,15-10+,40-16?,42-34?/t39-,41-,43-,44-,49?,50-,51+,53-,54?,55+,56+,57-,58-/m1/s1. The number of allylic oxidation sites excluding steroid dienone is 5. The Bertz CT molecular complexity index is 2740. The van der Waals surface area contributed by atoms with Crippen LogP contribution in [0.15, 0.2) is 96.1 Å². The van der Waals surface area contributed by atoms with Crippen LogP contribution in [0.5, 0.6) is 11.5 Å². The van der Waals surface area contributed by atoms with E-state index in [0.717, 1.165) is 5.57 Å². The summed E-state index contributed by atoms with van der Waals surface area (Å²) in [4.78, 5) is 107. The second-order valence-corrected chi connectivity index (χ2v) is 22.8. The molecule has 464 valence electrons. The molecular weight excluding hydrogens is 1100 g/mol. The summed E-state index contributed by atoms with van der Waals surface area (Å²) < 4.78 is 53.1. The van der Waals surface area contributed by atoms with Crippen molar-refractivity contribution in [3.63, 3.8) is 0 Å². The summed E-state index contributed by atoms with van der Waals surface area (Å²) in [6, 6.07) is 8.70. The van der Waals surface area contributed by atoms with Gasteiger partial charge in [0.15, 0.2) is 0 Å². The van der Waals surface area contributed by atoms with Gasteiger partial charge in [-0.05, 0) is 138 Å². The summed E-state index contributed by atoms with van der Waals surface area (Å²) in [6.07, 6.45) is 9.55. The van der Waals surface area contributed by atoms with E-state index in [1.54, 1.807) is 14.0 Å². The molecule has 3 aliphatic heterocycles. The summed E-state index contributed by atoms with van der Waals surface area (Å²) in [7, 11) is 4.61. The number of carbonyl (C=O) groups is 6. The number of nitrogens with zero attached hydrogens (tertiary/aromatic N) is 3. The van der Waals surface area contributed by atoms with E-state index in [1.807, 2.05) is 64.2 Å². The molecule has 1 aliphatic carbocycles. The van der Waals surface area contributed by atoms with Crippen molar-refractivity contribution in [2.75, 3.05) is 27.9 Å². The van der Waals surface area contributed by atoms with Crippen LogP contribution in [-0.2, 0) is 52.3 Å². The van der Waals surface area contributed by atoms with Crippen molar-refractivity contribution in [2.45, 2.75) is 186 Å². The highest BCUT2D eigenvalue weighted by Gasteiger charge is 2.42. The summed E-state index contributed by atoms with van der Waals surface area (Å²) in [5.41, 5.74) is 1.20. The molecule has 0 spiro atoms. The minimum atomic E-state index is -1.15. The number of carbonyl (C=O) groups excluding carboxylic acids is 6. The van der Waals surface area contributed by atoms with Crippen LogP contribution in [0.25, 0.3) is 0 Å². The van der Waals surface area contributed by atoms with Gasteiger partial charge in [0.05, 0.1) is 34.3 Å². The largest absolute Gasteiger partial charge is 0.514 e. The summed E-state index contributed by atoms with van der Waals surface area (Å²) in [5.74, 6) is -3.30. The minimum Gasteiger partial charge on any atom is -0.461 e. The first-order valence-corrected chi connectivity index (χ1v) is 29.4. The van der Waals surface area contributed by atoms with E-state index in [-0.39, 0.29) is 90.8 Å². The Morgan fingerprint density at radius 1 is 0.659 bits per heavy atom. The fraction of sp³-hybridized carbons (Fsp3) is 0.587. The molecule has 2 saturated heterocycles. The van der Waals surface area contributed by atoms with Gasteiger partial charge >= 0.3 is 18.3 Å². The van der Waals surface area contributed by atoms with Crippen molar-refractivity contribution >= 4 is 47.1 Å². The number of non-ortho nitro benzene ring substituents is 2. The topological polar surface area (TPSA) is 275 Å². The molecule has 6 rings (SSSR count). The zero-order chi connectivity index (χ0) is 61.7. The van der Waals surface area contributed by atoms with Crippen LogP contribution < -0.4 is 9.47 Å². The lowest BCUT2D eigenvalue weighted by Crippen LogP contribution is -2.54. The second-order valence-electron chi connectivity index (χ2n) is 22.8. The molecule has 2 aromatic carbocycles. The quantitative estimate of drug-likeness (QED) is 0.0363. The molecule has 1 amide bonds. The normalized spacial score (nSPS) is 29.5. The van der Waals surface area contributed by atoms with Crippen LogP contribution in [-0.4, -0.2) is 133 Å². The summed E-state index contributed by atoms with van der Waals surface area (Å²) in [5, 5.41) is 22.5. The van der Waals surface area contributed by atoms with E-state index >= 15 is 0 Å². The van der Waals surface area contributed by atoms with Crippen molar-refractivity contribution in [3.05, 3.63) is 116 Å². The van der Waals surface area contributed by atoms with Crippen molar-refractivity contribution in [1.29, 1.82) is 0 Å². The van der Waals surface area contributed by atoms with Crippen LogP contribution in [0.1, 0.15) is 131 Å². The number of amides is 1. The lowest BCUT2D eigenvalue weighted by Gasteiger charge is -2.37. The lowest BCUT2D eigenvalue weighted by molar-refractivity contribution is -0.385. The van der Waals surface area contributed by atoms with Gasteiger partial charge in [0.1, 0.15) is 47.7 Å². The number of hydrogen-bond acceptors (Lipinski definition) is 19. The number of benzene rings is 2. The molecule has 85 heavy (non-hydrogen) atoms. The van der Waals surface area contributed by atoms with E-state index in [2.05, 4.69) is 0 Å². The molecule has 2 bridgehead atoms. The first-order valence-electron chi connectivity index (χ1n) is 29.4. The highest BCUT2D eigenvalue weighted by atomic mass is 16.7. The maximum Gasteiger partial charge on any atom is 0.514 e. The Morgan fingerprint density at radius 3 is 1.91 bits per heavy atom. The molecule has 3 fully saturated rings. The average molecular weight is 1190 g/mol. The Morgan fingerprint density at radius 2 is 1.29 bits per heavy atom. The number of nitro benzene ring substituents is 2. The van der Waals surface area contributed by atoms with Gasteiger partial charge in [0.2, 0.25) is 5.78 Å². The van der Waals surface area contributed by atoms with Gasteiger partial charge in [0, 0.05) is 83.2 Å². The Labute approximate surface area is 496 Å². The molecule has 1 saturated carbocycles. The third kappa shape index (κ3) is 20.2. The van der Waals surface area contributed by atoms with Gasteiger partial charge in [-0.3, -0.25) is 34.6 Å². The van der Waals surface area contributed by atoms with Gasteiger partial charge < -0.3 is 47.5 Å². The minimum absolute atomic E-state index is 0.00804. The number of ketones is 2. The molecule has 0 aromatic heterocycles. The Kier molecular flexibility index (Phi) is 26.0. The third-order valence-corrected chi connectivity index (χ3v) is 16.6. The van der Waals surface area contributed by atoms with E-state index in [9.17, 15) is 49.0 Å². The van der Waals surface area contributed by atoms with Crippen LogP contribution >= 0.6 is 0 Å². The summed E-state index contributed by atoms with van der Waals surface area (Å²) >= 11 is 0. The average Bonchev–Trinajstić information content (AvgIpc) is 3.57. The van der Waals surface area contributed by atoms with Crippen LogP contribution in [0.3, 0.4) is 0 Å². The molecule has 4 aliphatic rings. The highest BCUT2D eigenvalue weighted by Crippen LogP contribution is 2.35. The van der Waals surface area contributed by atoms with E-state index in [1.165, 1.54) is 67.7 Å². The molecule has 3 heterocycles. The monoisotopic (exact) mass is 1190 g/mol. The number of nitro groups is 2. The van der Waals surface area contributed by atoms with Crippen LogP contribution in [0.2, 0.25) is 0 Å². The zero-order valence-corrected chi connectivity index (χ0v) is 50.0. The number of piperidine rings is 1. The smallest absolute Gasteiger partial charge is 0.461 e. The van der Waals surface area contributed by atoms with Gasteiger partial charge in [-0.1, -0.05) is 57.2 Å². The molecule has 2 unspecified atom stereocenters. The molecule has 0 radical (unpaired) electrons. The maximum atomic E-state index is 14.8. The van der Waals surface area contributed by atoms with Crippen molar-refractivity contribution < 1.29 is 81.2 Å².